The van der Waals surface area contributed by atoms with Gasteiger partial charge in [-0.3, -0.25) is 19.8 Å². The molecule has 1 amide bonds. The van der Waals surface area contributed by atoms with E-state index in [2.05, 4.69) is 0 Å². The first kappa shape index (κ1) is 19.9. The smallest absolute Gasteiger partial charge is 0.269 e. The van der Waals surface area contributed by atoms with Crippen molar-refractivity contribution < 1.29 is 14.1 Å². The van der Waals surface area contributed by atoms with Crippen LogP contribution in [0.5, 0.6) is 0 Å². The number of hydrogen-bond donors (Lipinski definition) is 0. The molecule has 6 nitrogen and oxygen atoms in total. The predicted octanol–water partition coefficient (Wildman–Crippen LogP) is 3.92. The van der Waals surface area contributed by atoms with Gasteiger partial charge in [-0.25, -0.2) is 4.39 Å². The maximum Gasteiger partial charge on any atom is 0.269 e. The van der Waals surface area contributed by atoms with Gasteiger partial charge in [-0.2, -0.15) is 0 Å². The average Bonchev–Trinajstić information content (AvgIpc) is 3.51. The molecule has 3 rings (SSSR count). The SMILES string of the molecule is CC(c1cccc([N+](=O)[O-])c1)N(C)CC(=O)N(Cc1ccccc1F)C1CC1. The molecule has 1 saturated carbocycles. The van der Waals surface area contributed by atoms with Gasteiger partial charge in [0, 0.05) is 36.3 Å². The minimum atomic E-state index is -0.426. The van der Waals surface area contributed by atoms with Crippen molar-refractivity contribution in [3.63, 3.8) is 0 Å². The molecule has 148 valence electrons. The van der Waals surface area contributed by atoms with Crippen molar-refractivity contribution in [3.05, 3.63) is 75.6 Å². The van der Waals surface area contributed by atoms with Gasteiger partial charge in [-0.15, -0.1) is 0 Å². The summed E-state index contributed by atoms with van der Waals surface area (Å²) in [4.78, 5) is 27.1. The van der Waals surface area contributed by atoms with E-state index in [1.165, 1.54) is 18.2 Å². The topological polar surface area (TPSA) is 66.7 Å². The molecule has 2 aromatic carbocycles. The Labute approximate surface area is 163 Å². The van der Waals surface area contributed by atoms with Gasteiger partial charge in [0.15, 0.2) is 0 Å². The second-order valence-electron chi connectivity index (χ2n) is 7.29. The first-order valence-electron chi connectivity index (χ1n) is 9.34. The Hall–Kier alpha value is -2.80. The van der Waals surface area contributed by atoms with Crippen LogP contribution in [0.1, 0.15) is 36.9 Å². The lowest BCUT2D eigenvalue weighted by Gasteiger charge is -2.29. The van der Waals surface area contributed by atoms with Crippen molar-refractivity contribution >= 4 is 11.6 Å². The average molecular weight is 385 g/mol. The maximum absolute atomic E-state index is 14.0. The molecule has 7 heteroatoms. The molecule has 1 aliphatic carbocycles. The van der Waals surface area contributed by atoms with Gasteiger partial charge in [-0.1, -0.05) is 30.3 Å². The molecule has 0 saturated heterocycles. The van der Waals surface area contributed by atoms with Gasteiger partial charge in [0.1, 0.15) is 5.82 Å². The number of nitro groups is 1. The monoisotopic (exact) mass is 385 g/mol. The van der Waals surface area contributed by atoms with Crippen molar-refractivity contribution in [2.75, 3.05) is 13.6 Å². The maximum atomic E-state index is 14.0. The van der Waals surface area contributed by atoms with Crippen LogP contribution in [0.2, 0.25) is 0 Å². The first-order valence-corrected chi connectivity index (χ1v) is 9.34. The van der Waals surface area contributed by atoms with E-state index in [0.717, 1.165) is 18.4 Å². The van der Waals surface area contributed by atoms with E-state index in [1.54, 1.807) is 29.2 Å². The summed E-state index contributed by atoms with van der Waals surface area (Å²) in [7, 11) is 1.82. The molecule has 0 aromatic heterocycles. The zero-order chi connectivity index (χ0) is 20.3. The number of hydrogen-bond acceptors (Lipinski definition) is 4. The molecule has 28 heavy (non-hydrogen) atoms. The molecule has 0 spiro atoms. The van der Waals surface area contributed by atoms with E-state index < -0.39 is 4.92 Å². The summed E-state index contributed by atoms with van der Waals surface area (Å²) in [5.41, 5.74) is 1.32. The van der Waals surface area contributed by atoms with E-state index >= 15 is 0 Å². The van der Waals surface area contributed by atoms with E-state index in [-0.39, 0.29) is 42.6 Å². The lowest BCUT2D eigenvalue weighted by molar-refractivity contribution is -0.384. The molecule has 1 aliphatic rings. The normalized spacial score (nSPS) is 14.7. The number of non-ortho nitro benzene ring substituents is 1. The Bertz CT molecular complexity index is 869. The summed E-state index contributed by atoms with van der Waals surface area (Å²) >= 11 is 0. The highest BCUT2D eigenvalue weighted by Gasteiger charge is 2.33. The Morgan fingerprint density at radius 3 is 2.61 bits per heavy atom. The third kappa shape index (κ3) is 4.72. The zero-order valence-corrected chi connectivity index (χ0v) is 16.0. The highest BCUT2D eigenvalue weighted by atomic mass is 19.1. The van der Waals surface area contributed by atoms with Crippen molar-refractivity contribution in [1.29, 1.82) is 0 Å². The van der Waals surface area contributed by atoms with Crippen LogP contribution in [0.3, 0.4) is 0 Å². The molecule has 1 atom stereocenters. The van der Waals surface area contributed by atoms with Crippen molar-refractivity contribution in [3.8, 4) is 0 Å². The lowest BCUT2D eigenvalue weighted by atomic mass is 10.1. The van der Waals surface area contributed by atoms with Crippen LogP contribution >= 0.6 is 0 Å². The molecule has 0 heterocycles. The number of rotatable bonds is 8. The molecular formula is C21H24FN3O3. The number of amides is 1. The van der Waals surface area contributed by atoms with E-state index in [0.29, 0.717) is 5.56 Å². The van der Waals surface area contributed by atoms with Crippen LogP contribution in [-0.4, -0.2) is 40.3 Å². The molecule has 0 radical (unpaired) electrons. The number of benzene rings is 2. The summed E-state index contributed by atoms with van der Waals surface area (Å²) in [6, 6.07) is 12.9. The van der Waals surface area contributed by atoms with Gasteiger partial charge >= 0.3 is 0 Å². The molecular weight excluding hydrogens is 361 g/mol. The van der Waals surface area contributed by atoms with Gasteiger partial charge < -0.3 is 4.90 Å². The van der Waals surface area contributed by atoms with Crippen LogP contribution in [0.4, 0.5) is 10.1 Å². The molecule has 0 aliphatic heterocycles. The van der Waals surface area contributed by atoms with Gasteiger partial charge in [0.2, 0.25) is 5.91 Å². The highest BCUT2D eigenvalue weighted by molar-refractivity contribution is 5.79. The minimum Gasteiger partial charge on any atom is -0.334 e. The number of nitrogens with zero attached hydrogens (tertiary/aromatic N) is 3. The Balaban J connectivity index is 1.68. The molecule has 0 N–H and O–H groups in total. The molecule has 1 fully saturated rings. The van der Waals surface area contributed by atoms with Crippen LogP contribution in [0, 0.1) is 15.9 Å². The fraction of sp³-hybridized carbons (Fsp3) is 0.381. The van der Waals surface area contributed by atoms with Crippen LogP contribution in [-0.2, 0) is 11.3 Å². The zero-order valence-electron chi connectivity index (χ0n) is 16.0. The predicted molar refractivity (Wildman–Crippen MR) is 104 cm³/mol. The van der Waals surface area contributed by atoms with Gasteiger partial charge in [0.05, 0.1) is 11.5 Å². The van der Waals surface area contributed by atoms with Gasteiger partial charge in [-0.05, 0) is 38.4 Å². The van der Waals surface area contributed by atoms with Crippen molar-refractivity contribution in [2.45, 2.75) is 38.4 Å². The number of nitro benzene ring substituents is 1. The first-order chi connectivity index (χ1) is 13.4. The Morgan fingerprint density at radius 1 is 1.25 bits per heavy atom. The number of halogens is 1. The number of carbonyl (C=O) groups excluding carboxylic acids is 1. The highest BCUT2D eigenvalue weighted by Crippen LogP contribution is 2.30. The third-order valence-corrected chi connectivity index (χ3v) is 5.22. The summed E-state index contributed by atoms with van der Waals surface area (Å²) in [6.07, 6.45) is 1.87. The summed E-state index contributed by atoms with van der Waals surface area (Å²) in [5, 5.41) is 11.0. The number of likely N-dealkylation sites (N-methyl/N-ethyl adjacent to an activating group) is 1. The van der Waals surface area contributed by atoms with Crippen molar-refractivity contribution in [1.82, 2.24) is 9.80 Å². The van der Waals surface area contributed by atoms with Crippen LogP contribution in [0.25, 0.3) is 0 Å². The van der Waals surface area contributed by atoms with E-state index in [4.69, 9.17) is 0 Å². The largest absolute Gasteiger partial charge is 0.334 e. The van der Waals surface area contributed by atoms with Crippen LogP contribution < -0.4 is 0 Å². The quantitative estimate of drug-likeness (QED) is 0.510. The van der Waals surface area contributed by atoms with Crippen molar-refractivity contribution in [2.24, 2.45) is 0 Å². The molecule has 0 bridgehead atoms. The molecule has 1 unspecified atom stereocenters. The summed E-state index contributed by atoms with van der Waals surface area (Å²) in [6.45, 7) is 2.33. The van der Waals surface area contributed by atoms with Gasteiger partial charge in [0.25, 0.3) is 5.69 Å². The third-order valence-electron chi connectivity index (χ3n) is 5.22. The summed E-state index contributed by atoms with van der Waals surface area (Å²) in [5.74, 6) is -0.371. The summed E-state index contributed by atoms with van der Waals surface area (Å²) < 4.78 is 14.0. The fourth-order valence-electron chi connectivity index (χ4n) is 3.21. The molecule has 2 aromatic rings. The lowest BCUT2D eigenvalue weighted by Crippen LogP contribution is -2.40. The van der Waals surface area contributed by atoms with Crippen LogP contribution in [0.15, 0.2) is 48.5 Å². The second kappa shape index (κ2) is 8.48. The van der Waals surface area contributed by atoms with E-state index in [9.17, 15) is 19.3 Å². The Kier molecular flexibility index (Phi) is 6.04. The fourth-order valence-corrected chi connectivity index (χ4v) is 3.21. The second-order valence-corrected chi connectivity index (χ2v) is 7.29. The number of carbonyl (C=O) groups is 1. The Morgan fingerprint density at radius 2 is 1.96 bits per heavy atom. The standard InChI is InChI=1S/C21H24FN3O3/c1-15(16-7-5-8-19(12-16)25(27)28)23(2)14-21(26)24(18-10-11-18)13-17-6-3-4-9-20(17)22/h3-9,12,15,18H,10-11,13-14H2,1-2H3. The minimum absolute atomic E-state index is 0.0308. The van der Waals surface area contributed by atoms with E-state index in [1.807, 2.05) is 24.9 Å².